The van der Waals surface area contributed by atoms with E-state index in [0.717, 1.165) is 15.6 Å². The van der Waals surface area contributed by atoms with E-state index in [2.05, 4.69) is 5.32 Å². The van der Waals surface area contributed by atoms with Crippen LogP contribution in [0.2, 0.25) is 5.02 Å². The summed E-state index contributed by atoms with van der Waals surface area (Å²) in [7, 11) is 0. The first-order chi connectivity index (χ1) is 12.8. The Balaban J connectivity index is 1.72. The zero-order valence-electron chi connectivity index (χ0n) is 14.9. The molecule has 0 atom stereocenters. The number of rotatable bonds is 6. The van der Waals surface area contributed by atoms with Crippen LogP contribution in [-0.2, 0) is 11.3 Å². The van der Waals surface area contributed by atoms with Crippen LogP contribution in [-0.4, -0.2) is 17.4 Å². The number of benzene rings is 2. The minimum absolute atomic E-state index is 0.250. The van der Waals surface area contributed by atoms with Gasteiger partial charge in [-0.3, -0.25) is 9.59 Å². The Labute approximate surface area is 166 Å². The second kappa shape index (κ2) is 7.58. The first kappa shape index (κ1) is 19.2. The molecule has 0 saturated heterocycles. The lowest BCUT2D eigenvalue weighted by Gasteiger charge is -2.25. The van der Waals surface area contributed by atoms with Crippen LogP contribution in [0, 0.1) is 0 Å². The van der Waals surface area contributed by atoms with E-state index in [9.17, 15) is 9.59 Å². The Morgan fingerprint density at radius 2 is 1.89 bits per heavy atom. The molecule has 0 aliphatic rings. The molecule has 3 aromatic rings. The summed E-state index contributed by atoms with van der Waals surface area (Å²) in [5, 5.41) is 4.41. The van der Waals surface area contributed by atoms with E-state index in [0.29, 0.717) is 22.2 Å². The molecule has 0 aliphatic carbocycles. The van der Waals surface area contributed by atoms with Gasteiger partial charge in [-0.15, -0.1) is 11.3 Å². The average Bonchev–Trinajstić information content (AvgIpc) is 3.06. The van der Waals surface area contributed by atoms with Gasteiger partial charge in [-0.25, -0.2) is 0 Å². The molecular weight excluding hydrogens is 384 g/mol. The zero-order chi connectivity index (χ0) is 19.6. The van der Waals surface area contributed by atoms with Crippen LogP contribution >= 0.6 is 22.9 Å². The number of ether oxygens (including phenoxy) is 1. The van der Waals surface area contributed by atoms with Gasteiger partial charge >= 0.3 is 0 Å². The molecule has 7 heteroatoms. The molecule has 3 rings (SSSR count). The molecule has 0 unspecified atom stereocenters. The number of fused-ring (bicyclic) bond motifs is 1. The summed E-state index contributed by atoms with van der Waals surface area (Å²) in [5.41, 5.74) is 5.21. The fourth-order valence-electron chi connectivity index (χ4n) is 2.63. The highest BCUT2D eigenvalue weighted by Crippen LogP contribution is 2.28. The van der Waals surface area contributed by atoms with Crippen molar-refractivity contribution in [3.63, 3.8) is 0 Å². The predicted molar refractivity (Wildman–Crippen MR) is 108 cm³/mol. The van der Waals surface area contributed by atoms with Gasteiger partial charge in [0.2, 0.25) is 0 Å². The van der Waals surface area contributed by atoms with E-state index < -0.39 is 11.5 Å². The number of nitrogens with one attached hydrogen (secondary N) is 1. The molecule has 0 radical (unpaired) electrons. The lowest BCUT2D eigenvalue weighted by molar-refractivity contribution is -0.134. The van der Waals surface area contributed by atoms with Crippen LogP contribution in [0.25, 0.3) is 10.1 Å². The molecule has 3 N–H and O–H groups in total. The molecule has 5 nitrogen and oxygen atoms in total. The minimum atomic E-state index is -1.06. The van der Waals surface area contributed by atoms with E-state index >= 15 is 0 Å². The zero-order valence-corrected chi connectivity index (χ0v) is 16.5. The van der Waals surface area contributed by atoms with Crippen molar-refractivity contribution in [3.05, 3.63) is 64.0 Å². The highest BCUT2D eigenvalue weighted by Gasteiger charge is 2.29. The molecule has 0 bridgehead atoms. The molecule has 0 aliphatic heterocycles. The topological polar surface area (TPSA) is 81.4 Å². The average molecular weight is 403 g/mol. The van der Waals surface area contributed by atoms with Gasteiger partial charge in [-0.05, 0) is 61.2 Å². The largest absolute Gasteiger partial charge is 0.478 e. The first-order valence-electron chi connectivity index (χ1n) is 8.30. The second-order valence-corrected chi connectivity index (χ2v) is 8.07. The lowest BCUT2D eigenvalue weighted by Crippen LogP contribution is -2.46. The van der Waals surface area contributed by atoms with Crippen molar-refractivity contribution in [2.45, 2.75) is 26.0 Å². The van der Waals surface area contributed by atoms with Gasteiger partial charge in [0.1, 0.15) is 5.75 Å². The smallest absolute Gasteiger partial charge is 0.263 e. The van der Waals surface area contributed by atoms with Crippen molar-refractivity contribution in [2.24, 2.45) is 5.73 Å². The predicted octanol–water partition coefficient (Wildman–Crippen LogP) is 4.13. The third kappa shape index (κ3) is 4.40. The Kier molecular flexibility index (Phi) is 5.39. The van der Waals surface area contributed by atoms with Crippen LogP contribution in [0.5, 0.6) is 5.75 Å². The molecular formula is C20H19ClN2O3S. The summed E-state index contributed by atoms with van der Waals surface area (Å²) in [6, 6.07) is 14.3. The summed E-state index contributed by atoms with van der Waals surface area (Å²) >= 11 is 7.21. The Morgan fingerprint density at radius 3 is 2.56 bits per heavy atom. The maximum atomic E-state index is 12.6. The van der Waals surface area contributed by atoms with Crippen LogP contribution < -0.4 is 15.8 Å². The third-order valence-electron chi connectivity index (χ3n) is 4.07. The van der Waals surface area contributed by atoms with Crippen LogP contribution in [0.3, 0.4) is 0 Å². The molecule has 1 heterocycles. The van der Waals surface area contributed by atoms with Gasteiger partial charge in [-0.1, -0.05) is 23.7 Å². The fraction of sp³-hybridized carbons (Fsp3) is 0.200. The number of hydrogen-bond donors (Lipinski definition) is 2. The normalized spacial score (nSPS) is 11.4. The summed E-state index contributed by atoms with van der Waals surface area (Å²) in [6.07, 6.45) is 0. The highest BCUT2D eigenvalue weighted by molar-refractivity contribution is 7.20. The number of hydrogen-bond acceptors (Lipinski definition) is 4. The maximum Gasteiger partial charge on any atom is 0.263 e. The number of thiophene rings is 1. The lowest BCUT2D eigenvalue weighted by atomic mass is 10.1. The molecule has 0 saturated carbocycles. The van der Waals surface area contributed by atoms with Crippen LogP contribution in [0.1, 0.15) is 29.1 Å². The number of amides is 2. The molecule has 0 spiro atoms. The quantitative estimate of drug-likeness (QED) is 0.650. The van der Waals surface area contributed by atoms with Gasteiger partial charge in [0.15, 0.2) is 5.60 Å². The van der Waals surface area contributed by atoms with E-state index in [1.807, 2.05) is 18.2 Å². The summed E-state index contributed by atoms with van der Waals surface area (Å²) < 4.78 is 6.75. The molecule has 2 aromatic carbocycles. The SMILES string of the molecule is CC(C)(Oc1ccc(Cl)cc1)C(=O)NCc1cccc2sc(C(N)=O)cc12. The van der Waals surface area contributed by atoms with Crippen molar-refractivity contribution < 1.29 is 14.3 Å². The van der Waals surface area contributed by atoms with E-state index in [1.54, 1.807) is 44.2 Å². The number of carbonyl (C=O) groups is 2. The highest BCUT2D eigenvalue weighted by atomic mass is 35.5. The van der Waals surface area contributed by atoms with Crippen molar-refractivity contribution >= 4 is 44.8 Å². The maximum absolute atomic E-state index is 12.6. The van der Waals surface area contributed by atoms with Crippen molar-refractivity contribution in [1.29, 1.82) is 0 Å². The third-order valence-corrected chi connectivity index (χ3v) is 5.43. The molecule has 140 valence electrons. The van der Waals surface area contributed by atoms with Crippen LogP contribution in [0.15, 0.2) is 48.5 Å². The molecule has 0 fully saturated rings. The van der Waals surface area contributed by atoms with Gasteiger partial charge in [0.05, 0.1) is 4.88 Å². The number of primary amides is 1. The standard InChI is InChI=1S/C20H19ClN2O3S/c1-20(2,26-14-8-6-13(21)7-9-14)19(25)23-11-12-4-3-5-16-15(12)10-17(27-16)18(22)24/h3-10H,11H2,1-2H3,(H2,22,24)(H,23,25). The number of halogens is 1. The van der Waals surface area contributed by atoms with Crippen LogP contribution in [0.4, 0.5) is 0 Å². The van der Waals surface area contributed by atoms with Crippen molar-refractivity contribution in [2.75, 3.05) is 0 Å². The Morgan fingerprint density at radius 1 is 1.19 bits per heavy atom. The fourth-order valence-corrected chi connectivity index (χ4v) is 3.72. The van der Waals surface area contributed by atoms with Gasteiger partial charge < -0.3 is 15.8 Å². The Bertz CT molecular complexity index is 996. The first-order valence-corrected chi connectivity index (χ1v) is 9.50. The van der Waals surface area contributed by atoms with Crippen molar-refractivity contribution in [1.82, 2.24) is 5.32 Å². The summed E-state index contributed by atoms with van der Waals surface area (Å²) in [6.45, 7) is 3.72. The van der Waals surface area contributed by atoms with Gasteiger partial charge in [0, 0.05) is 16.3 Å². The minimum Gasteiger partial charge on any atom is -0.478 e. The summed E-state index contributed by atoms with van der Waals surface area (Å²) in [4.78, 5) is 24.5. The second-order valence-electron chi connectivity index (χ2n) is 6.55. The van der Waals surface area contributed by atoms with E-state index in [1.165, 1.54) is 11.3 Å². The number of carbonyl (C=O) groups excluding carboxylic acids is 2. The van der Waals surface area contributed by atoms with Gasteiger partial charge in [0.25, 0.3) is 11.8 Å². The van der Waals surface area contributed by atoms with E-state index in [4.69, 9.17) is 22.1 Å². The Hall–Kier alpha value is -2.57. The molecule has 1 aromatic heterocycles. The monoisotopic (exact) mass is 402 g/mol. The van der Waals surface area contributed by atoms with Crippen molar-refractivity contribution in [3.8, 4) is 5.75 Å². The van der Waals surface area contributed by atoms with E-state index in [-0.39, 0.29) is 5.91 Å². The number of nitrogens with two attached hydrogens (primary N) is 1. The summed E-state index contributed by atoms with van der Waals surface area (Å²) in [5.74, 6) is -0.144. The molecule has 2 amide bonds. The molecule has 27 heavy (non-hydrogen) atoms. The van der Waals surface area contributed by atoms with Gasteiger partial charge in [-0.2, -0.15) is 0 Å².